The molecule has 0 nitrogen and oxygen atoms in total. The number of hydrogen-bond donors (Lipinski definition) is 0. The van der Waals surface area contributed by atoms with Crippen LogP contribution in [0.3, 0.4) is 0 Å². The van der Waals surface area contributed by atoms with E-state index in [-0.39, 0.29) is 11.3 Å². The third-order valence-corrected chi connectivity index (χ3v) is 3.59. The molecule has 1 aliphatic carbocycles. The molecule has 2 atom stereocenters. The monoisotopic (exact) mass is 251 g/mol. The van der Waals surface area contributed by atoms with Crippen LogP contribution in [0.1, 0.15) is 18.4 Å². The van der Waals surface area contributed by atoms with Crippen molar-refractivity contribution in [3.8, 4) is 0 Å². The van der Waals surface area contributed by atoms with E-state index < -0.39 is 0 Å². The van der Waals surface area contributed by atoms with E-state index >= 15 is 0 Å². The standard InChI is InChI=1S/C14H13Cl2/c1-10(11-6-3-2-4-7-11)14-12(15)8-5-9-13(14)16/h2-10,12H,1H3. The highest BCUT2D eigenvalue weighted by Crippen LogP contribution is 2.40. The SMILES string of the molecule is CC([C]1C(Cl)=CC=CC1Cl)c1ccccc1. The van der Waals surface area contributed by atoms with Crippen LogP contribution in [0.25, 0.3) is 0 Å². The van der Waals surface area contributed by atoms with Gasteiger partial charge in [-0.25, -0.2) is 0 Å². The molecule has 2 unspecified atom stereocenters. The van der Waals surface area contributed by atoms with Crippen molar-refractivity contribution in [3.05, 3.63) is 65.1 Å². The van der Waals surface area contributed by atoms with Gasteiger partial charge >= 0.3 is 0 Å². The Morgan fingerprint density at radius 3 is 2.50 bits per heavy atom. The fourth-order valence-electron chi connectivity index (χ4n) is 1.94. The Kier molecular flexibility index (Phi) is 3.73. The van der Waals surface area contributed by atoms with Crippen LogP contribution in [0.4, 0.5) is 0 Å². The summed E-state index contributed by atoms with van der Waals surface area (Å²) in [6.45, 7) is 2.13. The van der Waals surface area contributed by atoms with Crippen LogP contribution in [-0.4, -0.2) is 5.38 Å². The fourth-order valence-corrected chi connectivity index (χ4v) is 2.74. The van der Waals surface area contributed by atoms with E-state index in [0.29, 0.717) is 0 Å². The van der Waals surface area contributed by atoms with Crippen LogP contribution >= 0.6 is 23.2 Å². The largest absolute Gasteiger partial charge is 0.117 e. The van der Waals surface area contributed by atoms with E-state index in [1.807, 2.05) is 36.4 Å². The van der Waals surface area contributed by atoms with Crippen molar-refractivity contribution in [3.63, 3.8) is 0 Å². The Morgan fingerprint density at radius 1 is 1.19 bits per heavy atom. The van der Waals surface area contributed by atoms with E-state index in [1.165, 1.54) is 5.56 Å². The van der Waals surface area contributed by atoms with Crippen molar-refractivity contribution in [1.82, 2.24) is 0 Å². The van der Waals surface area contributed by atoms with Gasteiger partial charge in [0.25, 0.3) is 0 Å². The van der Waals surface area contributed by atoms with Gasteiger partial charge in [0.15, 0.2) is 0 Å². The first kappa shape index (κ1) is 11.8. The molecule has 0 bridgehead atoms. The van der Waals surface area contributed by atoms with Crippen molar-refractivity contribution in [2.75, 3.05) is 0 Å². The van der Waals surface area contributed by atoms with E-state index in [9.17, 15) is 0 Å². The number of hydrogen-bond acceptors (Lipinski definition) is 0. The summed E-state index contributed by atoms with van der Waals surface area (Å²) in [5.41, 5.74) is 1.24. The molecule has 1 aliphatic rings. The maximum atomic E-state index is 6.27. The lowest BCUT2D eigenvalue weighted by molar-refractivity contribution is 0.770. The summed E-state index contributed by atoms with van der Waals surface area (Å²) in [7, 11) is 0. The van der Waals surface area contributed by atoms with Crippen molar-refractivity contribution < 1.29 is 0 Å². The molecule has 0 spiro atoms. The number of benzene rings is 1. The third kappa shape index (κ3) is 2.34. The average Bonchev–Trinajstić information content (AvgIpc) is 2.30. The third-order valence-electron chi connectivity index (χ3n) is 2.86. The number of alkyl halides is 1. The Hall–Kier alpha value is -0.720. The molecule has 1 radical (unpaired) electrons. The van der Waals surface area contributed by atoms with Gasteiger partial charge in [-0.15, -0.1) is 11.6 Å². The first-order valence-corrected chi connectivity index (χ1v) is 6.11. The Morgan fingerprint density at radius 2 is 1.88 bits per heavy atom. The van der Waals surface area contributed by atoms with Crippen LogP contribution in [0.2, 0.25) is 0 Å². The molecule has 0 saturated carbocycles. The van der Waals surface area contributed by atoms with Crippen LogP contribution in [0.5, 0.6) is 0 Å². The second kappa shape index (κ2) is 5.07. The molecule has 2 heteroatoms. The molecular formula is C14H13Cl2. The zero-order valence-electron chi connectivity index (χ0n) is 9.03. The molecule has 0 heterocycles. The van der Waals surface area contributed by atoms with Gasteiger partial charge in [-0.3, -0.25) is 0 Å². The first-order valence-electron chi connectivity index (χ1n) is 5.30. The Bertz CT molecular complexity index is 406. The minimum absolute atomic E-state index is 0.104. The van der Waals surface area contributed by atoms with Gasteiger partial charge in [0.05, 0.1) is 5.38 Å². The Labute approximate surface area is 107 Å². The lowest BCUT2D eigenvalue weighted by Gasteiger charge is -2.27. The molecule has 83 valence electrons. The van der Waals surface area contributed by atoms with Crippen LogP contribution < -0.4 is 0 Å². The van der Waals surface area contributed by atoms with Crippen molar-refractivity contribution in [2.24, 2.45) is 0 Å². The second-order valence-corrected chi connectivity index (χ2v) is 4.77. The molecule has 1 aromatic carbocycles. The first-order chi connectivity index (χ1) is 7.70. The number of halogens is 2. The van der Waals surface area contributed by atoms with E-state index in [4.69, 9.17) is 23.2 Å². The summed E-state index contributed by atoms with van der Waals surface area (Å²) < 4.78 is 0. The number of allylic oxidation sites excluding steroid dienone is 4. The maximum absolute atomic E-state index is 6.27. The fraction of sp³-hybridized carbons (Fsp3) is 0.214. The van der Waals surface area contributed by atoms with E-state index in [0.717, 1.165) is 11.0 Å². The van der Waals surface area contributed by atoms with Gasteiger partial charge in [-0.1, -0.05) is 61.0 Å². The highest BCUT2D eigenvalue weighted by Gasteiger charge is 2.29. The average molecular weight is 252 g/mol. The highest BCUT2D eigenvalue weighted by molar-refractivity contribution is 6.34. The quantitative estimate of drug-likeness (QED) is 0.671. The zero-order valence-corrected chi connectivity index (χ0v) is 10.5. The van der Waals surface area contributed by atoms with Crippen LogP contribution in [-0.2, 0) is 0 Å². The summed E-state index contributed by atoms with van der Waals surface area (Å²) in [4.78, 5) is 0. The Balaban J connectivity index is 2.25. The summed E-state index contributed by atoms with van der Waals surface area (Å²) in [6, 6.07) is 10.3. The van der Waals surface area contributed by atoms with Gasteiger partial charge < -0.3 is 0 Å². The predicted octanol–water partition coefficient (Wildman–Crippen LogP) is 4.66. The van der Waals surface area contributed by atoms with Gasteiger partial charge in [-0.2, -0.15) is 0 Å². The zero-order chi connectivity index (χ0) is 11.5. The predicted molar refractivity (Wildman–Crippen MR) is 70.8 cm³/mol. The summed E-state index contributed by atoms with van der Waals surface area (Å²) in [5.74, 6) is 1.33. The van der Waals surface area contributed by atoms with E-state index in [1.54, 1.807) is 0 Å². The molecule has 0 N–H and O–H groups in total. The van der Waals surface area contributed by atoms with Crippen molar-refractivity contribution >= 4 is 23.2 Å². The molecule has 1 aromatic rings. The molecule has 0 saturated heterocycles. The maximum Gasteiger partial charge on any atom is 0.0640 e. The van der Waals surface area contributed by atoms with Gasteiger partial charge in [0, 0.05) is 11.0 Å². The van der Waals surface area contributed by atoms with Gasteiger partial charge in [-0.05, 0) is 17.6 Å². The van der Waals surface area contributed by atoms with Crippen molar-refractivity contribution in [2.45, 2.75) is 18.2 Å². The summed E-state index contributed by atoms with van der Waals surface area (Å²) in [6.07, 6.45) is 5.76. The molecule has 0 amide bonds. The normalized spacial score (nSPS) is 22.9. The minimum Gasteiger partial charge on any atom is -0.117 e. The van der Waals surface area contributed by atoms with Gasteiger partial charge in [0.2, 0.25) is 0 Å². The van der Waals surface area contributed by atoms with E-state index in [2.05, 4.69) is 19.1 Å². The molecule has 0 aliphatic heterocycles. The molecule has 0 fully saturated rings. The molecule has 16 heavy (non-hydrogen) atoms. The smallest absolute Gasteiger partial charge is 0.0640 e. The highest BCUT2D eigenvalue weighted by atomic mass is 35.5. The van der Waals surface area contributed by atoms with Crippen LogP contribution in [0, 0.1) is 5.92 Å². The lowest BCUT2D eigenvalue weighted by Crippen LogP contribution is -2.19. The topological polar surface area (TPSA) is 0 Å². The molecular weight excluding hydrogens is 239 g/mol. The lowest BCUT2D eigenvalue weighted by atomic mass is 9.83. The summed E-state index contributed by atoms with van der Waals surface area (Å²) >= 11 is 12.5. The minimum atomic E-state index is -0.104. The molecule has 2 rings (SSSR count). The molecule has 0 aromatic heterocycles. The second-order valence-electron chi connectivity index (χ2n) is 3.89. The summed E-state index contributed by atoms with van der Waals surface area (Å²) in [5, 5.41) is 0.659. The van der Waals surface area contributed by atoms with Crippen LogP contribution in [0.15, 0.2) is 53.6 Å². The number of rotatable bonds is 2. The van der Waals surface area contributed by atoms with Crippen molar-refractivity contribution in [1.29, 1.82) is 0 Å². The van der Waals surface area contributed by atoms with Gasteiger partial charge in [0.1, 0.15) is 0 Å².